The number of pyridine rings is 1. The van der Waals surface area contributed by atoms with Gasteiger partial charge >= 0.3 is 0 Å². The van der Waals surface area contributed by atoms with Crippen LogP contribution in [0.5, 0.6) is 0 Å². The predicted octanol–water partition coefficient (Wildman–Crippen LogP) is 3.15. The van der Waals surface area contributed by atoms with Gasteiger partial charge in [0.25, 0.3) is 11.8 Å². The van der Waals surface area contributed by atoms with E-state index in [0.29, 0.717) is 36.7 Å². The summed E-state index contributed by atoms with van der Waals surface area (Å²) in [5, 5.41) is 7.04. The van der Waals surface area contributed by atoms with Crippen LogP contribution in [0.2, 0.25) is 0 Å². The second-order valence-electron chi connectivity index (χ2n) is 7.41. The minimum atomic E-state index is -0.188. The van der Waals surface area contributed by atoms with Crippen LogP contribution in [-0.2, 0) is 20.0 Å². The van der Waals surface area contributed by atoms with E-state index >= 15 is 0 Å². The van der Waals surface area contributed by atoms with E-state index in [2.05, 4.69) is 35.0 Å². The molecule has 4 heterocycles. The molecule has 168 valence electrons. The van der Waals surface area contributed by atoms with E-state index in [1.807, 2.05) is 30.9 Å². The van der Waals surface area contributed by atoms with Gasteiger partial charge in [0, 0.05) is 50.6 Å². The third-order valence-electron chi connectivity index (χ3n) is 5.20. The first-order valence-corrected chi connectivity index (χ1v) is 10.8. The summed E-state index contributed by atoms with van der Waals surface area (Å²) < 4.78 is 3.53. The van der Waals surface area contributed by atoms with Crippen molar-refractivity contribution in [2.75, 3.05) is 13.1 Å². The van der Waals surface area contributed by atoms with E-state index in [4.69, 9.17) is 0 Å². The number of carbonyl (C=O) groups excluding carboxylic acids is 2. The maximum absolute atomic E-state index is 12.9. The van der Waals surface area contributed by atoms with Crippen LogP contribution in [0.25, 0.3) is 5.65 Å². The van der Waals surface area contributed by atoms with E-state index < -0.39 is 0 Å². The van der Waals surface area contributed by atoms with E-state index in [0.717, 1.165) is 18.4 Å². The third kappa shape index (κ3) is 4.96. The fraction of sp³-hybridized carbons (Fsp3) is 0.333. The maximum Gasteiger partial charge on any atom is 0.274 e. The molecule has 3 aromatic rings. The van der Waals surface area contributed by atoms with Gasteiger partial charge < -0.3 is 10.2 Å². The highest BCUT2D eigenvalue weighted by atomic mass is 16.2. The Kier molecular flexibility index (Phi) is 7.59. The number of imidazole rings is 1. The summed E-state index contributed by atoms with van der Waals surface area (Å²) in [7, 11) is 1.92. The summed E-state index contributed by atoms with van der Waals surface area (Å²) in [4.78, 5) is 31.3. The van der Waals surface area contributed by atoms with Gasteiger partial charge in [-0.1, -0.05) is 37.8 Å². The van der Waals surface area contributed by atoms with Crippen LogP contribution in [0.1, 0.15) is 52.5 Å². The van der Waals surface area contributed by atoms with Crippen LogP contribution >= 0.6 is 0 Å². The van der Waals surface area contributed by atoms with Crippen LogP contribution in [-0.4, -0.2) is 49.0 Å². The van der Waals surface area contributed by atoms with E-state index in [1.54, 1.807) is 39.8 Å². The Morgan fingerprint density at radius 2 is 2.09 bits per heavy atom. The highest BCUT2D eigenvalue weighted by Gasteiger charge is 2.26. The fourth-order valence-electron chi connectivity index (χ4n) is 3.61. The molecule has 0 bridgehead atoms. The zero-order valence-corrected chi connectivity index (χ0v) is 18.9. The molecule has 0 atom stereocenters. The normalized spacial score (nSPS) is 12.9. The van der Waals surface area contributed by atoms with Crippen molar-refractivity contribution in [2.45, 2.75) is 33.2 Å². The molecule has 0 unspecified atom stereocenters. The molecular weight excluding hydrogens is 404 g/mol. The van der Waals surface area contributed by atoms with Crippen LogP contribution in [0.3, 0.4) is 0 Å². The molecule has 2 amide bonds. The Labute approximate surface area is 188 Å². The van der Waals surface area contributed by atoms with Gasteiger partial charge in [0.1, 0.15) is 17.0 Å². The second-order valence-corrected chi connectivity index (χ2v) is 7.41. The van der Waals surface area contributed by atoms with Crippen molar-refractivity contribution in [2.24, 2.45) is 7.05 Å². The number of fused-ring (bicyclic) bond motifs is 2. The van der Waals surface area contributed by atoms with Crippen molar-refractivity contribution in [1.29, 1.82) is 0 Å². The molecule has 32 heavy (non-hydrogen) atoms. The lowest BCUT2D eigenvalue weighted by molar-refractivity contribution is 0.0727. The average molecular weight is 435 g/mol. The molecule has 4 rings (SSSR count). The number of hydrogen-bond acceptors (Lipinski definition) is 4. The third-order valence-corrected chi connectivity index (χ3v) is 5.20. The minimum absolute atomic E-state index is 0.134. The number of aryl methyl sites for hydroxylation is 1. The van der Waals surface area contributed by atoms with E-state index in [9.17, 15) is 9.59 Å². The quantitative estimate of drug-likeness (QED) is 0.625. The number of rotatable bonds is 5. The molecule has 0 aromatic carbocycles. The van der Waals surface area contributed by atoms with Crippen molar-refractivity contribution in [3.8, 4) is 0 Å². The molecule has 3 aromatic heterocycles. The Morgan fingerprint density at radius 1 is 1.28 bits per heavy atom. The lowest BCUT2D eigenvalue weighted by atomic mass is 10.1. The van der Waals surface area contributed by atoms with Gasteiger partial charge in [-0.05, 0) is 25.5 Å². The van der Waals surface area contributed by atoms with Gasteiger partial charge in [-0.2, -0.15) is 5.10 Å². The lowest BCUT2D eigenvalue weighted by Crippen LogP contribution is -2.36. The topological polar surface area (TPSA) is 84.5 Å². The van der Waals surface area contributed by atoms with Gasteiger partial charge in [0.05, 0.1) is 6.20 Å². The standard InChI is InChI=1S/C18H20N6O2.C6H10/c1-3-19-17(25)15-5-4-6-16-21-13(11-24(15)16)18(26)23-8-7-14-12(10-23)9-20-22(14)2;1-3-5-6-4-2/h4-6,9,11H,3,7-8,10H2,1-2H3,(H,19,25);3,5-6H,1,4H2,2H3/b;6-5-. The van der Waals surface area contributed by atoms with Crippen molar-refractivity contribution in [1.82, 2.24) is 29.4 Å². The van der Waals surface area contributed by atoms with Crippen LogP contribution in [0.15, 0.2) is 55.4 Å². The van der Waals surface area contributed by atoms with Gasteiger partial charge in [-0.15, -0.1) is 0 Å². The van der Waals surface area contributed by atoms with E-state index in [-0.39, 0.29) is 11.8 Å². The molecular formula is C24H30N6O2. The van der Waals surface area contributed by atoms with E-state index in [1.165, 1.54) is 5.69 Å². The number of aromatic nitrogens is 4. The molecule has 0 fully saturated rings. The van der Waals surface area contributed by atoms with Crippen LogP contribution < -0.4 is 5.32 Å². The van der Waals surface area contributed by atoms with Gasteiger partial charge in [-0.3, -0.25) is 18.7 Å². The largest absolute Gasteiger partial charge is 0.351 e. The van der Waals surface area contributed by atoms with Crippen molar-refractivity contribution in [3.63, 3.8) is 0 Å². The average Bonchev–Trinajstić information content (AvgIpc) is 3.41. The number of allylic oxidation sites excluding steroid dienone is 3. The molecule has 8 nitrogen and oxygen atoms in total. The molecule has 0 radical (unpaired) electrons. The first-order chi connectivity index (χ1) is 15.5. The summed E-state index contributed by atoms with van der Waals surface area (Å²) in [5.41, 5.74) is 3.62. The summed E-state index contributed by atoms with van der Waals surface area (Å²) in [5.74, 6) is -0.322. The first-order valence-electron chi connectivity index (χ1n) is 10.8. The Bertz CT molecular complexity index is 1140. The van der Waals surface area contributed by atoms with Gasteiger partial charge in [-0.25, -0.2) is 4.98 Å². The predicted molar refractivity (Wildman–Crippen MR) is 124 cm³/mol. The number of carbonyl (C=O) groups is 2. The smallest absolute Gasteiger partial charge is 0.274 e. The number of nitrogens with one attached hydrogen (secondary N) is 1. The van der Waals surface area contributed by atoms with Crippen molar-refractivity contribution >= 4 is 17.5 Å². The summed E-state index contributed by atoms with van der Waals surface area (Å²) in [6.45, 7) is 9.17. The molecule has 0 aliphatic carbocycles. The molecule has 8 heteroatoms. The number of hydrogen-bond donors (Lipinski definition) is 1. The highest BCUT2D eigenvalue weighted by molar-refractivity contribution is 5.95. The molecule has 0 spiro atoms. The molecule has 0 saturated carbocycles. The number of nitrogens with zero attached hydrogens (tertiary/aromatic N) is 5. The zero-order valence-electron chi connectivity index (χ0n) is 18.9. The summed E-state index contributed by atoms with van der Waals surface area (Å²) in [6, 6.07) is 5.27. The molecule has 1 N–H and O–H groups in total. The van der Waals surface area contributed by atoms with Gasteiger partial charge in [0.15, 0.2) is 0 Å². The number of amides is 2. The second kappa shape index (κ2) is 10.6. The summed E-state index contributed by atoms with van der Waals surface area (Å²) >= 11 is 0. The monoisotopic (exact) mass is 434 g/mol. The molecule has 1 aliphatic heterocycles. The lowest BCUT2D eigenvalue weighted by Gasteiger charge is -2.26. The summed E-state index contributed by atoms with van der Waals surface area (Å²) in [6.07, 6.45) is 11.1. The Balaban J connectivity index is 0.000000427. The first kappa shape index (κ1) is 23.0. The maximum atomic E-state index is 12.9. The molecule has 1 aliphatic rings. The highest BCUT2D eigenvalue weighted by Crippen LogP contribution is 2.20. The molecule has 0 saturated heterocycles. The Morgan fingerprint density at radius 3 is 2.78 bits per heavy atom. The van der Waals surface area contributed by atoms with Gasteiger partial charge in [0.2, 0.25) is 0 Å². The fourth-order valence-corrected chi connectivity index (χ4v) is 3.61. The zero-order chi connectivity index (χ0) is 23.1. The van der Waals surface area contributed by atoms with Crippen molar-refractivity contribution in [3.05, 3.63) is 78.0 Å². The Hall–Kier alpha value is -3.68. The van der Waals surface area contributed by atoms with Crippen molar-refractivity contribution < 1.29 is 9.59 Å². The SMILES string of the molecule is C=C/C=C\CC.CCNC(=O)c1cccc2nc(C(=O)N3CCc4c(cnn4C)C3)cn12. The van der Waals surface area contributed by atoms with Crippen LogP contribution in [0, 0.1) is 0 Å². The van der Waals surface area contributed by atoms with Crippen LogP contribution in [0.4, 0.5) is 0 Å². The minimum Gasteiger partial charge on any atom is -0.351 e.